The molecule has 5 heterocycles. The predicted octanol–water partition coefficient (Wildman–Crippen LogP) is 3.87. The van der Waals surface area contributed by atoms with Crippen LogP contribution in [0.1, 0.15) is 76.7 Å². The Labute approximate surface area is 329 Å². The van der Waals surface area contributed by atoms with E-state index in [9.17, 15) is 28.4 Å². The van der Waals surface area contributed by atoms with Crippen LogP contribution in [0.3, 0.4) is 0 Å². The molecule has 0 saturated carbocycles. The second-order valence-corrected chi connectivity index (χ2v) is 19.0. The SMILES string of the molecule is COP(=O)(O)OC[C@H]1O[C@@H](n2ccc(=O)[nH]c2=O)[C@H](F)[C@@H]1OP(=O)(OC[C@@H]1C[C@@H](F)[C@H](n2cnc3c(N)ncnc32)O1)SCC(=O)CCCCCCCCCCN. The highest BCUT2D eigenvalue weighted by atomic mass is 32.7. The Balaban J connectivity index is 1.30. The van der Waals surface area contributed by atoms with Crippen LogP contribution in [0.25, 0.3) is 11.2 Å². The zero-order valence-electron chi connectivity index (χ0n) is 31.1. The fraction of sp³-hybridized carbons (Fsp3) is 0.688. The summed E-state index contributed by atoms with van der Waals surface area (Å²) in [5.41, 5.74) is 10.0. The Morgan fingerprint density at radius 3 is 2.44 bits per heavy atom. The summed E-state index contributed by atoms with van der Waals surface area (Å²) >= 11 is 0.467. The van der Waals surface area contributed by atoms with E-state index in [0.717, 1.165) is 64.3 Å². The molecule has 2 aliphatic rings. The molecule has 9 atom stereocenters. The van der Waals surface area contributed by atoms with Gasteiger partial charge in [-0.25, -0.2) is 37.7 Å². The van der Waals surface area contributed by atoms with Crippen LogP contribution in [0.4, 0.5) is 14.6 Å². The highest BCUT2D eigenvalue weighted by molar-refractivity contribution is 8.55. The lowest BCUT2D eigenvalue weighted by atomic mass is 10.1. The van der Waals surface area contributed by atoms with Gasteiger partial charge in [0.1, 0.15) is 36.0 Å². The van der Waals surface area contributed by atoms with Crippen molar-refractivity contribution in [3.8, 4) is 0 Å². The number of fused-ring (bicyclic) bond motifs is 1. The number of ether oxygens (including phenoxy) is 2. The lowest BCUT2D eigenvalue weighted by Gasteiger charge is -2.26. The smallest absolute Gasteiger partial charge is 0.382 e. The van der Waals surface area contributed by atoms with E-state index in [1.165, 1.54) is 17.2 Å². The second-order valence-electron chi connectivity index (χ2n) is 13.4. The van der Waals surface area contributed by atoms with Crippen LogP contribution in [-0.4, -0.2) is 103 Å². The van der Waals surface area contributed by atoms with Gasteiger partial charge in [0.05, 0.1) is 31.4 Å². The number of unbranched alkanes of at least 4 members (excludes halogenated alkanes) is 7. The molecule has 20 nitrogen and oxygen atoms in total. The molecule has 0 aromatic carbocycles. The zero-order valence-corrected chi connectivity index (χ0v) is 33.7. The zero-order chi connectivity index (χ0) is 41.2. The Bertz CT molecular complexity index is 2010. The summed E-state index contributed by atoms with van der Waals surface area (Å²) in [7, 11) is -3.77. The molecule has 0 spiro atoms. The van der Waals surface area contributed by atoms with Crippen molar-refractivity contribution in [2.45, 2.75) is 107 Å². The molecule has 25 heteroatoms. The molecule has 2 unspecified atom stereocenters. The molecule has 3 aromatic heterocycles. The van der Waals surface area contributed by atoms with Gasteiger partial charge in [0.15, 0.2) is 30.1 Å². The number of hydrogen-bond donors (Lipinski definition) is 4. The number of ketones is 1. The van der Waals surface area contributed by atoms with Gasteiger partial charge >= 0.3 is 20.3 Å². The predicted molar refractivity (Wildman–Crippen MR) is 203 cm³/mol. The van der Waals surface area contributed by atoms with Crippen LogP contribution in [0.2, 0.25) is 0 Å². The number of phosphoric ester groups is 1. The minimum Gasteiger partial charge on any atom is -0.382 e. The van der Waals surface area contributed by atoms with Gasteiger partial charge in [-0.3, -0.25) is 41.8 Å². The van der Waals surface area contributed by atoms with Gasteiger partial charge in [0.2, 0.25) is 0 Å². The quantitative estimate of drug-likeness (QED) is 0.0734. The molecule has 5 rings (SSSR count). The summed E-state index contributed by atoms with van der Waals surface area (Å²) in [4.78, 5) is 61.2. The van der Waals surface area contributed by atoms with Crippen LogP contribution >= 0.6 is 26.0 Å². The summed E-state index contributed by atoms with van der Waals surface area (Å²) in [6.07, 6.45) is -0.566. The first-order chi connectivity index (χ1) is 27.2. The number of nitrogens with one attached hydrogen (secondary N) is 1. The molecule has 6 N–H and O–H groups in total. The van der Waals surface area contributed by atoms with Gasteiger partial charge < -0.3 is 25.8 Å². The summed E-state index contributed by atoms with van der Waals surface area (Å²) in [5.74, 6) is -0.584. The summed E-state index contributed by atoms with van der Waals surface area (Å²) in [5, 5.41) is 0. The lowest BCUT2D eigenvalue weighted by Crippen LogP contribution is -2.36. The number of anilines is 1. The Morgan fingerprint density at radius 1 is 1.02 bits per heavy atom. The van der Waals surface area contributed by atoms with E-state index in [4.69, 9.17) is 34.5 Å². The standard InChI is InChI=1S/C32H48F2N8O12P2S/c1-49-55(46,47)50-16-23-27(25(34)31(53-23)41-13-11-24(44)40-32(41)45)54-56(48,57-17-20(43)10-8-6-4-2-3-5-7-9-12-35)51-15-21-14-22(33)30(52-21)42-19-39-26-28(36)37-18-38-29(26)42/h11,13,18-19,21-23,25,27,30-31H,2-10,12,14-17,35H2,1H3,(H,46,47)(H2,36,37,38)(H,40,44,45)/t21-,22+,23+,25+,27+,30+,31+,56?/m0/s1. The Hall–Kier alpha value is -2.95. The number of carbonyl (C=O) groups is 1. The number of halogens is 2. The number of hydrogen-bond acceptors (Lipinski definition) is 17. The van der Waals surface area contributed by atoms with Gasteiger partial charge in [-0.05, 0) is 30.8 Å². The first-order valence-electron chi connectivity index (χ1n) is 18.4. The van der Waals surface area contributed by atoms with Gasteiger partial charge in [-0.2, -0.15) is 0 Å². The average molecular weight is 869 g/mol. The molecule has 2 saturated heterocycles. The number of nitrogens with zero attached hydrogens (tertiary/aromatic N) is 5. The van der Waals surface area contributed by atoms with Crippen molar-refractivity contribution >= 4 is 48.8 Å². The van der Waals surface area contributed by atoms with E-state index >= 15 is 8.78 Å². The minimum absolute atomic E-state index is 0.0770. The molecule has 0 amide bonds. The number of aromatic amines is 1. The highest BCUT2D eigenvalue weighted by Crippen LogP contribution is 2.63. The third kappa shape index (κ3) is 12.3. The van der Waals surface area contributed by atoms with Gasteiger partial charge in [0, 0.05) is 32.2 Å². The van der Waals surface area contributed by atoms with Gasteiger partial charge in [-0.15, -0.1) is 0 Å². The maximum Gasteiger partial charge on any atom is 0.472 e. The van der Waals surface area contributed by atoms with Crippen molar-refractivity contribution in [2.24, 2.45) is 5.73 Å². The molecular formula is C32H48F2N8O12P2S. The topological polar surface area (TPSA) is 277 Å². The van der Waals surface area contributed by atoms with Crippen molar-refractivity contribution in [1.82, 2.24) is 29.1 Å². The number of nitrogen functional groups attached to an aromatic ring is 1. The van der Waals surface area contributed by atoms with E-state index in [-0.39, 0.29) is 41.4 Å². The number of imidazole rings is 1. The number of carbonyl (C=O) groups excluding carboxylic acids is 1. The van der Waals surface area contributed by atoms with Crippen molar-refractivity contribution < 1.29 is 55.2 Å². The van der Waals surface area contributed by atoms with Crippen molar-refractivity contribution in [3.63, 3.8) is 0 Å². The molecule has 0 bridgehead atoms. The summed E-state index contributed by atoms with van der Waals surface area (Å²) in [6.45, 7) is -5.36. The molecule has 57 heavy (non-hydrogen) atoms. The van der Waals surface area contributed by atoms with E-state index in [1.54, 1.807) is 0 Å². The summed E-state index contributed by atoms with van der Waals surface area (Å²) in [6, 6.07) is 0.935. The van der Waals surface area contributed by atoms with Crippen molar-refractivity contribution in [3.05, 3.63) is 45.8 Å². The number of rotatable bonds is 24. The van der Waals surface area contributed by atoms with Crippen LogP contribution in [-0.2, 0) is 41.5 Å². The van der Waals surface area contributed by atoms with E-state index in [1.807, 2.05) is 4.98 Å². The fourth-order valence-electron chi connectivity index (χ4n) is 6.31. The number of alkyl halides is 2. The Kier molecular flexibility index (Phi) is 16.5. The molecule has 0 aliphatic carbocycles. The van der Waals surface area contributed by atoms with Crippen molar-refractivity contribution in [1.29, 1.82) is 0 Å². The monoisotopic (exact) mass is 868 g/mol. The molecule has 318 valence electrons. The maximum atomic E-state index is 16.3. The lowest BCUT2D eigenvalue weighted by molar-refractivity contribution is -0.116. The second kappa shape index (κ2) is 20.8. The number of Topliss-reactive ketones (excluding diaryl/α,β-unsaturated/α-hetero) is 1. The molecule has 2 aliphatic heterocycles. The van der Waals surface area contributed by atoms with Crippen LogP contribution in [0, 0.1) is 0 Å². The van der Waals surface area contributed by atoms with E-state index < -0.39 is 82.2 Å². The fourth-order valence-corrected chi connectivity index (χ4v) is 10.1. The average Bonchev–Trinajstić information content (AvgIpc) is 3.87. The first-order valence-corrected chi connectivity index (χ1v) is 23.0. The number of nitrogens with two attached hydrogens (primary N) is 2. The van der Waals surface area contributed by atoms with Crippen LogP contribution < -0.4 is 22.7 Å². The van der Waals surface area contributed by atoms with E-state index in [2.05, 4.69) is 19.5 Å². The number of aromatic nitrogens is 6. The number of H-pyrrole nitrogens is 1. The third-order valence-electron chi connectivity index (χ3n) is 9.28. The van der Waals surface area contributed by atoms with Crippen molar-refractivity contribution in [2.75, 3.05) is 38.4 Å². The molecule has 3 aromatic rings. The number of phosphoric acid groups is 1. The summed E-state index contributed by atoms with van der Waals surface area (Å²) < 4.78 is 92.9. The van der Waals surface area contributed by atoms with Gasteiger partial charge in [0.25, 0.3) is 5.56 Å². The first kappa shape index (κ1) is 45.1. The molecule has 2 fully saturated rings. The minimum atomic E-state index is -4.66. The molecule has 0 radical (unpaired) electrons. The largest absolute Gasteiger partial charge is 0.472 e. The Morgan fingerprint density at radius 2 is 1.74 bits per heavy atom. The molecular weight excluding hydrogens is 820 g/mol. The van der Waals surface area contributed by atoms with E-state index in [0.29, 0.717) is 28.9 Å². The highest BCUT2D eigenvalue weighted by Gasteiger charge is 2.52. The normalized spacial score (nSPS) is 25.8. The third-order valence-corrected chi connectivity index (χ3v) is 13.9. The van der Waals surface area contributed by atoms with Gasteiger partial charge in [-0.1, -0.05) is 38.5 Å². The maximum absolute atomic E-state index is 16.3. The van der Waals surface area contributed by atoms with Crippen LogP contribution in [0.15, 0.2) is 34.5 Å². The van der Waals surface area contributed by atoms with Crippen LogP contribution in [0.5, 0.6) is 0 Å².